The second-order valence-electron chi connectivity index (χ2n) is 3.93. The lowest BCUT2D eigenvalue weighted by Crippen LogP contribution is -1.84. The molecule has 82 valence electrons. The van der Waals surface area contributed by atoms with E-state index >= 15 is 0 Å². The minimum Gasteiger partial charge on any atom is -0.0841 e. The minimum atomic E-state index is 0.825. The van der Waals surface area contributed by atoms with E-state index in [1.54, 1.807) is 0 Å². The number of rotatable bonds is 1. The maximum atomic E-state index is 6.02. The summed E-state index contributed by atoms with van der Waals surface area (Å²) in [4.78, 5) is 0. The van der Waals surface area contributed by atoms with Gasteiger partial charge in [-0.3, -0.25) is 0 Å². The molecular formula is C14H12ClI. The Kier molecular flexibility index (Phi) is 3.55. The fourth-order valence-electron chi connectivity index (χ4n) is 1.65. The third kappa shape index (κ3) is 2.41. The van der Waals surface area contributed by atoms with Gasteiger partial charge in [0.1, 0.15) is 0 Å². The van der Waals surface area contributed by atoms with Crippen LogP contribution in [0.25, 0.3) is 11.1 Å². The summed E-state index contributed by atoms with van der Waals surface area (Å²) in [5.41, 5.74) is 4.90. The molecule has 0 aliphatic carbocycles. The van der Waals surface area contributed by atoms with E-state index in [4.69, 9.17) is 11.6 Å². The van der Waals surface area contributed by atoms with Gasteiger partial charge in [0.2, 0.25) is 0 Å². The fourth-order valence-corrected chi connectivity index (χ4v) is 2.10. The summed E-state index contributed by atoms with van der Waals surface area (Å²) in [5, 5.41) is 0.825. The summed E-state index contributed by atoms with van der Waals surface area (Å²) in [6, 6.07) is 12.7. The molecular weight excluding hydrogens is 331 g/mol. The summed E-state index contributed by atoms with van der Waals surface area (Å²) in [6.07, 6.45) is 0. The first-order chi connectivity index (χ1) is 7.58. The van der Waals surface area contributed by atoms with Gasteiger partial charge < -0.3 is 0 Å². The molecule has 16 heavy (non-hydrogen) atoms. The van der Waals surface area contributed by atoms with Crippen LogP contribution in [-0.4, -0.2) is 0 Å². The summed E-state index contributed by atoms with van der Waals surface area (Å²) in [6.45, 7) is 4.17. The fraction of sp³-hybridized carbons (Fsp3) is 0.143. The van der Waals surface area contributed by atoms with Crippen molar-refractivity contribution < 1.29 is 0 Å². The Morgan fingerprint density at radius 2 is 1.44 bits per heavy atom. The highest BCUT2D eigenvalue weighted by molar-refractivity contribution is 14.1. The van der Waals surface area contributed by atoms with Gasteiger partial charge in [-0.1, -0.05) is 29.8 Å². The molecule has 0 heterocycles. The molecule has 0 spiro atoms. The van der Waals surface area contributed by atoms with Crippen LogP contribution in [0.2, 0.25) is 5.02 Å². The summed E-state index contributed by atoms with van der Waals surface area (Å²) < 4.78 is 1.30. The van der Waals surface area contributed by atoms with E-state index in [1.807, 2.05) is 13.0 Å². The van der Waals surface area contributed by atoms with E-state index in [1.165, 1.54) is 20.3 Å². The number of hydrogen-bond donors (Lipinski definition) is 0. The van der Waals surface area contributed by atoms with Gasteiger partial charge in [0.05, 0.1) is 0 Å². The zero-order chi connectivity index (χ0) is 11.7. The molecule has 0 N–H and O–H groups in total. The molecule has 0 radical (unpaired) electrons. The number of hydrogen-bond acceptors (Lipinski definition) is 0. The van der Waals surface area contributed by atoms with Crippen LogP contribution >= 0.6 is 34.2 Å². The predicted octanol–water partition coefficient (Wildman–Crippen LogP) is 5.23. The van der Waals surface area contributed by atoms with Crippen molar-refractivity contribution in [3.8, 4) is 11.1 Å². The molecule has 0 saturated heterocycles. The Morgan fingerprint density at radius 3 is 2.00 bits per heavy atom. The highest BCUT2D eigenvalue weighted by atomic mass is 127. The topological polar surface area (TPSA) is 0 Å². The molecule has 0 nitrogen and oxygen atoms in total. The van der Waals surface area contributed by atoms with E-state index in [-0.39, 0.29) is 0 Å². The van der Waals surface area contributed by atoms with E-state index in [9.17, 15) is 0 Å². The van der Waals surface area contributed by atoms with Gasteiger partial charge in [-0.15, -0.1) is 0 Å². The second-order valence-corrected chi connectivity index (χ2v) is 5.50. The molecule has 0 aliphatic rings. The zero-order valence-electron chi connectivity index (χ0n) is 9.22. The number of benzene rings is 2. The maximum absolute atomic E-state index is 6.02. The third-order valence-electron chi connectivity index (χ3n) is 2.65. The monoisotopic (exact) mass is 342 g/mol. The van der Waals surface area contributed by atoms with Crippen molar-refractivity contribution in [3.05, 3.63) is 56.1 Å². The van der Waals surface area contributed by atoms with Crippen molar-refractivity contribution >= 4 is 34.2 Å². The molecule has 2 aromatic rings. The summed E-state index contributed by atoms with van der Waals surface area (Å²) in [7, 11) is 0. The van der Waals surface area contributed by atoms with Crippen LogP contribution in [0, 0.1) is 17.4 Å². The number of halogens is 2. The van der Waals surface area contributed by atoms with Crippen LogP contribution in [0.1, 0.15) is 11.1 Å². The third-order valence-corrected chi connectivity index (χ3v) is 4.28. The molecule has 0 saturated carbocycles. The van der Waals surface area contributed by atoms with Gasteiger partial charge in [-0.2, -0.15) is 0 Å². The minimum absolute atomic E-state index is 0.825. The van der Waals surface area contributed by atoms with Gasteiger partial charge in [0, 0.05) is 8.59 Å². The Morgan fingerprint density at radius 1 is 0.875 bits per heavy atom. The van der Waals surface area contributed by atoms with Crippen LogP contribution < -0.4 is 0 Å². The quantitative estimate of drug-likeness (QED) is 0.623. The molecule has 0 atom stereocenters. The standard InChI is InChI=1S/C14H12ClI/c1-9-7-11(3-5-13(9)15)12-4-6-14(16)10(2)8-12/h3-8H,1-2H3. The van der Waals surface area contributed by atoms with Crippen LogP contribution in [0.3, 0.4) is 0 Å². The normalized spacial score (nSPS) is 10.5. The lowest BCUT2D eigenvalue weighted by atomic mass is 10.0. The Bertz CT molecular complexity index is 483. The highest BCUT2D eigenvalue weighted by Gasteiger charge is 2.02. The van der Waals surface area contributed by atoms with Crippen molar-refractivity contribution in [2.75, 3.05) is 0 Å². The molecule has 0 aliphatic heterocycles. The van der Waals surface area contributed by atoms with E-state index < -0.39 is 0 Å². The zero-order valence-corrected chi connectivity index (χ0v) is 12.1. The second kappa shape index (κ2) is 4.76. The van der Waals surface area contributed by atoms with Crippen molar-refractivity contribution in [3.63, 3.8) is 0 Å². The maximum Gasteiger partial charge on any atom is 0.0435 e. The van der Waals surface area contributed by atoms with Gasteiger partial charge >= 0.3 is 0 Å². The molecule has 0 unspecified atom stereocenters. The Balaban J connectivity index is 2.50. The van der Waals surface area contributed by atoms with E-state index in [2.05, 4.69) is 59.8 Å². The van der Waals surface area contributed by atoms with Crippen molar-refractivity contribution in [1.82, 2.24) is 0 Å². The van der Waals surface area contributed by atoms with Crippen LogP contribution in [0.4, 0.5) is 0 Å². The van der Waals surface area contributed by atoms with E-state index in [0.717, 1.165) is 10.6 Å². The molecule has 2 aromatic carbocycles. The van der Waals surface area contributed by atoms with Crippen LogP contribution in [0.5, 0.6) is 0 Å². The first-order valence-corrected chi connectivity index (χ1v) is 6.56. The molecule has 2 heteroatoms. The van der Waals surface area contributed by atoms with Gasteiger partial charge in [0.25, 0.3) is 0 Å². The lowest BCUT2D eigenvalue weighted by molar-refractivity contribution is 1.41. The highest BCUT2D eigenvalue weighted by Crippen LogP contribution is 2.26. The SMILES string of the molecule is Cc1cc(-c2ccc(I)c(C)c2)ccc1Cl. The van der Waals surface area contributed by atoms with Crippen LogP contribution in [-0.2, 0) is 0 Å². The number of aryl methyl sites for hydroxylation is 2. The summed E-state index contributed by atoms with van der Waals surface area (Å²) in [5.74, 6) is 0. The van der Waals surface area contributed by atoms with Gasteiger partial charge in [-0.05, 0) is 76.9 Å². The first kappa shape index (κ1) is 11.9. The van der Waals surface area contributed by atoms with E-state index in [0.29, 0.717) is 0 Å². The average Bonchev–Trinajstić information content (AvgIpc) is 2.26. The van der Waals surface area contributed by atoms with Crippen molar-refractivity contribution in [2.45, 2.75) is 13.8 Å². The molecule has 0 bridgehead atoms. The predicted molar refractivity (Wildman–Crippen MR) is 79.1 cm³/mol. The van der Waals surface area contributed by atoms with Crippen LogP contribution in [0.15, 0.2) is 36.4 Å². The molecule has 0 amide bonds. The Hall–Kier alpha value is -0.540. The largest absolute Gasteiger partial charge is 0.0841 e. The summed E-state index contributed by atoms with van der Waals surface area (Å²) >= 11 is 8.37. The smallest absolute Gasteiger partial charge is 0.0435 e. The van der Waals surface area contributed by atoms with Crippen molar-refractivity contribution in [2.24, 2.45) is 0 Å². The van der Waals surface area contributed by atoms with Crippen molar-refractivity contribution in [1.29, 1.82) is 0 Å². The molecule has 2 rings (SSSR count). The molecule has 0 aromatic heterocycles. The Labute approximate surface area is 115 Å². The van der Waals surface area contributed by atoms with Gasteiger partial charge in [0.15, 0.2) is 0 Å². The lowest BCUT2D eigenvalue weighted by Gasteiger charge is -2.06. The average molecular weight is 343 g/mol. The van der Waals surface area contributed by atoms with Gasteiger partial charge in [-0.25, -0.2) is 0 Å². The first-order valence-electron chi connectivity index (χ1n) is 5.10. The molecule has 0 fully saturated rings.